The maximum atomic E-state index is 15.7. The molecule has 1 amide bonds. The van der Waals surface area contributed by atoms with Crippen molar-refractivity contribution in [2.45, 2.75) is 64.8 Å². The van der Waals surface area contributed by atoms with E-state index in [0.29, 0.717) is 24.0 Å². The molecule has 242 valence electrons. The monoisotopic (exact) mass is 649 g/mol. The summed E-state index contributed by atoms with van der Waals surface area (Å²) in [5.74, 6) is -6.35. The normalized spacial score (nSPS) is 13.5. The summed E-state index contributed by atoms with van der Waals surface area (Å²) in [6.07, 6.45) is -4.04. The number of hydrogen-bond donors (Lipinski definition) is 1. The molecule has 0 saturated heterocycles. The third kappa shape index (κ3) is 10.5. The van der Waals surface area contributed by atoms with Gasteiger partial charge < -0.3 is 10.1 Å². The van der Waals surface area contributed by atoms with Gasteiger partial charge in [0.1, 0.15) is 17.5 Å². The number of carbonyl (C=O) groups excluding carboxylic acids is 2. The fourth-order valence-corrected chi connectivity index (χ4v) is 4.97. The first-order valence-corrected chi connectivity index (χ1v) is 15.2. The predicted molar refractivity (Wildman–Crippen MR) is 151 cm³/mol. The summed E-state index contributed by atoms with van der Waals surface area (Å²) >= 11 is 0. The van der Waals surface area contributed by atoms with Crippen LogP contribution in [0.25, 0.3) is 11.1 Å². The third-order valence-electron chi connectivity index (χ3n) is 6.13. The molecule has 0 unspecified atom stereocenters. The lowest BCUT2D eigenvalue weighted by Crippen LogP contribution is -2.41. The highest BCUT2D eigenvalue weighted by Gasteiger charge is 2.38. The van der Waals surface area contributed by atoms with Crippen LogP contribution in [0.15, 0.2) is 48.6 Å². The Labute approximate surface area is 252 Å². The fourth-order valence-electron chi connectivity index (χ4n) is 4.39. The summed E-state index contributed by atoms with van der Waals surface area (Å²) in [4.78, 5) is 25.6. The molecule has 2 rings (SSSR count). The van der Waals surface area contributed by atoms with Crippen LogP contribution in [0, 0.1) is 17.5 Å². The highest BCUT2D eigenvalue weighted by Crippen LogP contribution is 2.40. The summed E-state index contributed by atoms with van der Waals surface area (Å²) < 4.78 is 121. The Morgan fingerprint density at radius 1 is 1.09 bits per heavy atom. The number of aryl methyl sites for hydroxylation is 1. The molecule has 0 radical (unpaired) electrons. The first-order chi connectivity index (χ1) is 20.4. The molecule has 0 spiro atoms. The minimum atomic E-state index is -5.32. The Balaban J connectivity index is 2.84. The molecule has 2 aromatic carbocycles. The molecular formula is C30H33F6NO6S. The van der Waals surface area contributed by atoms with E-state index < -0.39 is 86.4 Å². The molecule has 2 atom stereocenters. The number of esters is 1. The zero-order valence-electron chi connectivity index (χ0n) is 24.5. The maximum Gasteiger partial charge on any atom is 0.419 e. The molecule has 0 aliphatic heterocycles. The number of nitrogens with one attached hydrogen (secondary N) is 1. The van der Waals surface area contributed by atoms with Crippen LogP contribution in [-0.4, -0.2) is 39.3 Å². The molecule has 0 heterocycles. The Morgan fingerprint density at radius 3 is 2.30 bits per heavy atom. The topological polar surface area (TPSA) is 98.8 Å². The van der Waals surface area contributed by atoms with Gasteiger partial charge in [-0.05, 0) is 62.9 Å². The lowest BCUT2D eigenvalue weighted by atomic mass is 9.90. The van der Waals surface area contributed by atoms with Gasteiger partial charge in [0.25, 0.3) is 16.0 Å². The lowest BCUT2D eigenvalue weighted by molar-refractivity contribution is -0.144. The minimum absolute atomic E-state index is 0.0107. The van der Waals surface area contributed by atoms with E-state index >= 15 is 8.78 Å². The van der Waals surface area contributed by atoms with Gasteiger partial charge in [-0.2, -0.15) is 21.6 Å². The van der Waals surface area contributed by atoms with E-state index in [1.165, 1.54) is 13.8 Å². The number of halogens is 6. The zero-order valence-corrected chi connectivity index (χ0v) is 25.3. The summed E-state index contributed by atoms with van der Waals surface area (Å²) in [6, 6.07) is 0.714. The summed E-state index contributed by atoms with van der Waals surface area (Å²) in [7, 11) is -4.24. The Bertz CT molecular complexity index is 1520. The number of carbonyl (C=O) groups is 2. The van der Waals surface area contributed by atoms with Crippen LogP contribution in [-0.2, 0) is 41.2 Å². The quantitative estimate of drug-likeness (QED) is 0.106. The molecule has 44 heavy (non-hydrogen) atoms. The maximum absolute atomic E-state index is 15.7. The van der Waals surface area contributed by atoms with Crippen LogP contribution >= 0.6 is 0 Å². The molecule has 0 saturated carbocycles. The first kappa shape index (κ1) is 36.5. The first-order valence-electron chi connectivity index (χ1n) is 13.4. The van der Waals surface area contributed by atoms with Gasteiger partial charge in [-0.1, -0.05) is 17.7 Å². The van der Waals surface area contributed by atoms with E-state index in [1.54, 1.807) is 19.1 Å². The van der Waals surface area contributed by atoms with E-state index in [2.05, 4.69) is 11.9 Å². The van der Waals surface area contributed by atoms with Gasteiger partial charge in [-0.3, -0.25) is 13.8 Å². The SMILES string of the molecule is C=C(C)C[C@@H](OS(C)(=O)=O)C(=O)N[C@@H](CC(=O)OCC)c1cc(-c2c(F)cc(F)cc2CCC=CC)cc(C(F)(F)F)c1F. The molecule has 0 fully saturated rings. The van der Waals surface area contributed by atoms with Crippen molar-refractivity contribution in [2.24, 2.45) is 0 Å². The molecule has 1 N–H and O–H groups in total. The molecular weight excluding hydrogens is 616 g/mol. The second-order valence-corrected chi connectivity index (χ2v) is 11.6. The van der Waals surface area contributed by atoms with Crippen molar-refractivity contribution < 1.29 is 53.3 Å². The van der Waals surface area contributed by atoms with E-state index in [-0.39, 0.29) is 31.4 Å². The van der Waals surface area contributed by atoms with Gasteiger partial charge in [-0.15, -0.1) is 6.58 Å². The number of allylic oxidation sites excluding steroid dienone is 2. The van der Waals surface area contributed by atoms with Crippen LogP contribution in [0.3, 0.4) is 0 Å². The molecule has 0 aliphatic rings. The average molecular weight is 650 g/mol. The molecule has 0 bridgehead atoms. The summed E-state index contributed by atoms with van der Waals surface area (Å²) in [5, 5.41) is 2.19. The van der Waals surface area contributed by atoms with Crippen molar-refractivity contribution in [3.05, 3.63) is 82.7 Å². The second-order valence-electron chi connectivity index (χ2n) is 9.97. The molecule has 14 heteroatoms. The Morgan fingerprint density at radius 2 is 1.75 bits per heavy atom. The van der Waals surface area contributed by atoms with Crippen molar-refractivity contribution in [3.63, 3.8) is 0 Å². The smallest absolute Gasteiger partial charge is 0.419 e. The minimum Gasteiger partial charge on any atom is -0.466 e. The summed E-state index contributed by atoms with van der Waals surface area (Å²) in [5.41, 5.74) is -3.39. The Hall–Kier alpha value is -3.65. The number of ether oxygens (including phenoxy) is 1. The van der Waals surface area contributed by atoms with E-state index in [1.807, 2.05) is 0 Å². The zero-order chi connectivity index (χ0) is 33.4. The van der Waals surface area contributed by atoms with Crippen LogP contribution in [0.4, 0.5) is 26.3 Å². The summed E-state index contributed by atoms with van der Waals surface area (Å²) in [6.45, 7) is 8.01. The van der Waals surface area contributed by atoms with Gasteiger partial charge in [0.15, 0.2) is 6.10 Å². The number of alkyl halides is 3. The Kier molecular flexibility index (Phi) is 12.8. The number of hydrogen-bond acceptors (Lipinski definition) is 6. The average Bonchev–Trinajstić information content (AvgIpc) is 2.86. The van der Waals surface area contributed by atoms with Crippen molar-refractivity contribution >= 4 is 22.0 Å². The molecule has 0 aliphatic carbocycles. The van der Waals surface area contributed by atoms with E-state index in [9.17, 15) is 35.6 Å². The highest BCUT2D eigenvalue weighted by atomic mass is 32.2. The van der Waals surface area contributed by atoms with E-state index in [4.69, 9.17) is 8.92 Å². The van der Waals surface area contributed by atoms with Crippen LogP contribution in [0.1, 0.15) is 62.8 Å². The lowest BCUT2D eigenvalue weighted by Gasteiger charge is -2.25. The second kappa shape index (κ2) is 15.4. The van der Waals surface area contributed by atoms with E-state index in [0.717, 1.165) is 12.1 Å². The largest absolute Gasteiger partial charge is 0.466 e. The van der Waals surface area contributed by atoms with Crippen LogP contribution < -0.4 is 5.32 Å². The predicted octanol–water partition coefficient (Wildman–Crippen LogP) is 6.72. The van der Waals surface area contributed by atoms with Crippen molar-refractivity contribution in [2.75, 3.05) is 12.9 Å². The third-order valence-corrected chi connectivity index (χ3v) is 6.71. The number of rotatable bonds is 14. The highest BCUT2D eigenvalue weighted by molar-refractivity contribution is 7.86. The van der Waals surface area contributed by atoms with Gasteiger partial charge >= 0.3 is 12.1 Å². The van der Waals surface area contributed by atoms with Crippen molar-refractivity contribution in [3.8, 4) is 11.1 Å². The molecule has 2 aromatic rings. The van der Waals surface area contributed by atoms with Gasteiger partial charge in [0.05, 0.1) is 30.9 Å². The standard InChI is InChI=1S/C30H33F6NO6S/c1-6-8-9-10-18-12-20(31)15-23(32)27(18)19-13-21(28(33)22(14-19)30(34,35)36)24(16-26(38)42-7-2)37-29(39)25(11-17(3)4)43-44(5,40)41/h6,8,12-15,24-25H,3,7,9-11,16H2,1-2,4-5H3,(H,37,39)/t24-,25+/m0/s1. The van der Waals surface area contributed by atoms with Crippen molar-refractivity contribution in [1.29, 1.82) is 0 Å². The van der Waals surface area contributed by atoms with Gasteiger partial charge in [-0.25, -0.2) is 13.2 Å². The van der Waals surface area contributed by atoms with Gasteiger partial charge in [0, 0.05) is 23.6 Å². The molecule has 7 nitrogen and oxygen atoms in total. The van der Waals surface area contributed by atoms with Crippen LogP contribution in [0.2, 0.25) is 0 Å². The number of benzene rings is 2. The van der Waals surface area contributed by atoms with Crippen molar-refractivity contribution in [1.82, 2.24) is 5.32 Å². The number of amides is 1. The van der Waals surface area contributed by atoms with Gasteiger partial charge in [0.2, 0.25) is 0 Å². The van der Waals surface area contributed by atoms with Crippen LogP contribution in [0.5, 0.6) is 0 Å². The fraction of sp³-hybridized carbons (Fsp3) is 0.400. The molecule has 0 aromatic heterocycles.